The summed E-state index contributed by atoms with van der Waals surface area (Å²) in [6, 6.07) is 9.98. The van der Waals surface area contributed by atoms with E-state index in [1.54, 1.807) is 24.6 Å². The Labute approximate surface area is 214 Å². The van der Waals surface area contributed by atoms with E-state index in [0.717, 1.165) is 72.4 Å². The molecule has 1 fully saturated rings. The number of carbonyl (C=O) groups is 1. The number of benzene rings is 1. The molecule has 0 atom stereocenters. The summed E-state index contributed by atoms with van der Waals surface area (Å²) in [5.74, 6) is 1.49. The molecule has 35 heavy (non-hydrogen) atoms. The number of fused-ring (bicyclic) bond motifs is 1. The minimum Gasteiger partial charge on any atom is -0.497 e. The van der Waals surface area contributed by atoms with Crippen LogP contribution in [-0.4, -0.2) is 58.6 Å². The first-order valence-electron chi connectivity index (χ1n) is 12.0. The maximum absolute atomic E-state index is 12.8. The summed E-state index contributed by atoms with van der Waals surface area (Å²) in [6.45, 7) is 2.59. The van der Waals surface area contributed by atoms with Crippen LogP contribution in [0.4, 0.5) is 0 Å². The van der Waals surface area contributed by atoms with Crippen molar-refractivity contribution < 1.29 is 19.8 Å². The summed E-state index contributed by atoms with van der Waals surface area (Å²) >= 11 is 3.64. The van der Waals surface area contributed by atoms with Gasteiger partial charge in [0.25, 0.3) is 0 Å². The highest BCUT2D eigenvalue weighted by Crippen LogP contribution is 2.38. The molecule has 3 heterocycles. The number of hydroxylamine groups is 1. The number of carbonyl (C=O) groups excluding carboxylic acids is 1. The molecular formula is C26H33N3O4S2. The quantitative estimate of drug-likeness (QED) is 0.197. The molecule has 9 heteroatoms. The van der Waals surface area contributed by atoms with E-state index in [9.17, 15) is 15.1 Å². The fourth-order valence-electron chi connectivity index (χ4n) is 4.96. The lowest BCUT2D eigenvalue weighted by molar-refractivity contribution is -0.143. The fraction of sp³-hybridized carbons (Fsp3) is 0.462. The van der Waals surface area contributed by atoms with Crippen LogP contribution in [0, 0.1) is 5.41 Å². The molecular weight excluding hydrogens is 482 g/mol. The number of aryl methyl sites for hydroxylation is 1. The average Bonchev–Trinajstić information content (AvgIpc) is 3.42. The zero-order valence-corrected chi connectivity index (χ0v) is 21.7. The average molecular weight is 516 g/mol. The number of nitrogens with one attached hydrogen (secondary N) is 1. The van der Waals surface area contributed by atoms with Crippen LogP contribution in [0.15, 0.2) is 46.1 Å². The van der Waals surface area contributed by atoms with E-state index in [1.165, 1.54) is 4.21 Å². The fourth-order valence-corrected chi connectivity index (χ4v) is 6.83. The predicted octanol–water partition coefficient (Wildman–Crippen LogP) is 4.50. The van der Waals surface area contributed by atoms with Crippen LogP contribution in [-0.2, 0) is 17.8 Å². The Bertz CT molecular complexity index is 1110. The Balaban J connectivity index is 1.39. The molecule has 1 aliphatic rings. The topological polar surface area (TPSA) is 94.9 Å². The third-order valence-corrected chi connectivity index (χ3v) is 9.18. The number of piperidine rings is 1. The molecule has 0 spiro atoms. The van der Waals surface area contributed by atoms with Crippen molar-refractivity contribution in [1.29, 1.82) is 0 Å². The first-order valence-corrected chi connectivity index (χ1v) is 13.8. The number of aliphatic hydroxyl groups excluding tert-OH is 1. The van der Waals surface area contributed by atoms with Crippen LogP contribution in [0.1, 0.15) is 36.8 Å². The van der Waals surface area contributed by atoms with Crippen molar-refractivity contribution in [3.8, 4) is 5.75 Å². The first-order chi connectivity index (χ1) is 17.1. The predicted molar refractivity (Wildman–Crippen MR) is 140 cm³/mol. The second-order valence-electron chi connectivity index (χ2n) is 9.00. The molecule has 0 unspecified atom stereocenters. The second kappa shape index (κ2) is 12.2. The lowest BCUT2D eigenvalue weighted by Gasteiger charge is -2.40. The summed E-state index contributed by atoms with van der Waals surface area (Å²) in [7, 11) is 1.63. The van der Waals surface area contributed by atoms with E-state index in [-0.39, 0.29) is 12.5 Å². The van der Waals surface area contributed by atoms with E-state index in [1.807, 2.05) is 35.4 Å². The van der Waals surface area contributed by atoms with Crippen molar-refractivity contribution in [2.45, 2.75) is 42.9 Å². The van der Waals surface area contributed by atoms with Gasteiger partial charge in [-0.05, 0) is 86.0 Å². The number of amides is 1. The number of rotatable bonds is 11. The normalized spacial score (nSPS) is 15.9. The Morgan fingerprint density at radius 2 is 2.14 bits per heavy atom. The van der Waals surface area contributed by atoms with E-state index >= 15 is 0 Å². The molecule has 1 saturated heterocycles. The lowest BCUT2D eigenvalue weighted by Crippen LogP contribution is -2.48. The van der Waals surface area contributed by atoms with E-state index in [2.05, 4.69) is 27.4 Å². The molecule has 3 aromatic rings. The number of likely N-dealkylation sites (tertiary alicyclic amines) is 1. The highest BCUT2D eigenvalue weighted by molar-refractivity contribution is 8.01. The van der Waals surface area contributed by atoms with E-state index in [4.69, 9.17) is 4.74 Å². The standard InChI is InChI=1S/C26H33N3O4S2/c1-33-20-6-7-23-22(16-20)21(19(18-30)17-27-23)4-2-8-26(25(31)28-32)9-11-29(12-10-26)13-15-35-24-5-3-14-34-24/h3,5-7,14,16-17,30,32H,2,4,8-13,15,18H2,1H3,(H,28,31). The Kier molecular flexibility index (Phi) is 9.02. The Morgan fingerprint density at radius 1 is 1.31 bits per heavy atom. The molecule has 188 valence electrons. The number of nitrogens with zero attached hydrogens (tertiary/aromatic N) is 2. The number of ether oxygens (including phenoxy) is 1. The maximum Gasteiger partial charge on any atom is 0.249 e. The van der Waals surface area contributed by atoms with Gasteiger partial charge in [-0.25, -0.2) is 5.48 Å². The summed E-state index contributed by atoms with van der Waals surface area (Å²) < 4.78 is 6.73. The zero-order valence-electron chi connectivity index (χ0n) is 20.0. The van der Waals surface area contributed by atoms with Crippen LogP contribution in [0.5, 0.6) is 5.75 Å². The van der Waals surface area contributed by atoms with Gasteiger partial charge in [0.05, 0.1) is 28.9 Å². The first kappa shape index (κ1) is 25.9. The molecule has 3 N–H and O–H groups in total. The maximum atomic E-state index is 12.8. The molecule has 1 amide bonds. The van der Waals surface area contributed by atoms with Crippen molar-refractivity contribution in [2.75, 3.05) is 32.5 Å². The van der Waals surface area contributed by atoms with Crippen LogP contribution in [0.3, 0.4) is 0 Å². The second-order valence-corrected chi connectivity index (χ2v) is 11.3. The van der Waals surface area contributed by atoms with Gasteiger partial charge in [-0.3, -0.25) is 15.0 Å². The smallest absolute Gasteiger partial charge is 0.249 e. The van der Waals surface area contributed by atoms with Gasteiger partial charge in [0.1, 0.15) is 5.75 Å². The third-order valence-electron chi connectivity index (χ3n) is 7.07. The minimum atomic E-state index is -0.577. The van der Waals surface area contributed by atoms with Gasteiger partial charge in [-0.2, -0.15) is 0 Å². The number of aromatic nitrogens is 1. The molecule has 0 radical (unpaired) electrons. The van der Waals surface area contributed by atoms with Gasteiger partial charge >= 0.3 is 0 Å². The highest BCUT2D eigenvalue weighted by atomic mass is 32.2. The number of thiophene rings is 1. The van der Waals surface area contributed by atoms with Crippen molar-refractivity contribution in [3.05, 3.63) is 53.0 Å². The molecule has 0 saturated carbocycles. The highest BCUT2D eigenvalue weighted by Gasteiger charge is 2.40. The molecule has 1 aliphatic heterocycles. The van der Waals surface area contributed by atoms with E-state index in [0.29, 0.717) is 12.8 Å². The summed E-state index contributed by atoms with van der Waals surface area (Å²) in [5, 5.41) is 22.5. The van der Waals surface area contributed by atoms with Gasteiger partial charge < -0.3 is 14.7 Å². The third kappa shape index (κ3) is 6.16. The summed E-state index contributed by atoms with van der Waals surface area (Å²) in [6.07, 6.45) is 5.33. The lowest BCUT2D eigenvalue weighted by atomic mass is 9.73. The minimum absolute atomic E-state index is 0.0871. The zero-order chi connectivity index (χ0) is 24.7. The molecule has 0 aliphatic carbocycles. The Hall–Kier alpha value is -2.17. The Morgan fingerprint density at radius 3 is 2.83 bits per heavy atom. The van der Waals surface area contributed by atoms with Gasteiger partial charge in [0, 0.05) is 23.9 Å². The van der Waals surface area contributed by atoms with Crippen molar-refractivity contribution in [1.82, 2.24) is 15.4 Å². The largest absolute Gasteiger partial charge is 0.497 e. The number of thioether (sulfide) groups is 1. The molecule has 4 rings (SSSR count). The van der Waals surface area contributed by atoms with Crippen LogP contribution >= 0.6 is 23.1 Å². The number of hydrogen-bond donors (Lipinski definition) is 3. The summed E-state index contributed by atoms with van der Waals surface area (Å²) in [4.78, 5) is 19.7. The van der Waals surface area contributed by atoms with E-state index < -0.39 is 5.41 Å². The molecule has 2 aromatic heterocycles. The van der Waals surface area contributed by atoms with Gasteiger partial charge in [0.15, 0.2) is 0 Å². The molecule has 1 aromatic carbocycles. The van der Waals surface area contributed by atoms with Crippen molar-refractivity contribution in [3.63, 3.8) is 0 Å². The van der Waals surface area contributed by atoms with Crippen LogP contribution in [0.25, 0.3) is 10.9 Å². The molecule has 7 nitrogen and oxygen atoms in total. The summed E-state index contributed by atoms with van der Waals surface area (Å²) in [5.41, 5.74) is 4.06. The van der Waals surface area contributed by atoms with Crippen LogP contribution < -0.4 is 10.2 Å². The van der Waals surface area contributed by atoms with Crippen molar-refractivity contribution in [2.24, 2.45) is 5.41 Å². The SMILES string of the molecule is COc1ccc2ncc(CO)c(CCCC3(C(=O)NO)CCN(CCSc4cccs4)CC3)c2c1. The van der Waals surface area contributed by atoms with Crippen molar-refractivity contribution >= 4 is 39.9 Å². The van der Waals surface area contributed by atoms with Crippen LogP contribution in [0.2, 0.25) is 0 Å². The van der Waals surface area contributed by atoms with Gasteiger partial charge in [0.2, 0.25) is 5.91 Å². The molecule has 0 bridgehead atoms. The monoisotopic (exact) mass is 515 g/mol. The van der Waals surface area contributed by atoms with Gasteiger partial charge in [-0.15, -0.1) is 23.1 Å². The number of aliphatic hydroxyl groups is 1. The van der Waals surface area contributed by atoms with Gasteiger partial charge in [-0.1, -0.05) is 6.07 Å². The number of pyridine rings is 1. The number of methoxy groups -OCH3 is 1. The number of hydrogen-bond acceptors (Lipinski definition) is 8.